The van der Waals surface area contributed by atoms with Gasteiger partial charge in [0, 0.05) is 13.1 Å². The highest BCUT2D eigenvalue weighted by atomic mass is 16.3. The number of aliphatic hydroxyl groups is 1. The lowest BCUT2D eigenvalue weighted by Gasteiger charge is -2.41. The lowest BCUT2D eigenvalue weighted by Crippen LogP contribution is -2.45. The van der Waals surface area contributed by atoms with Crippen molar-refractivity contribution in [2.75, 3.05) is 13.1 Å². The first-order valence-corrected chi connectivity index (χ1v) is 8.61. The largest absolute Gasteiger partial charge is 0.389 e. The topological polar surface area (TPSA) is 40.5 Å². The van der Waals surface area contributed by atoms with Crippen molar-refractivity contribution in [2.24, 2.45) is 5.41 Å². The summed E-state index contributed by atoms with van der Waals surface area (Å²) >= 11 is 0. The zero-order valence-electron chi connectivity index (χ0n) is 12.7. The van der Waals surface area contributed by atoms with Gasteiger partial charge < -0.3 is 10.0 Å². The smallest absolute Gasteiger partial charge is 0.225 e. The van der Waals surface area contributed by atoms with Crippen LogP contribution in [0.2, 0.25) is 0 Å². The van der Waals surface area contributed by atoms with Gasteiger partial charge in [-0.2, -0.15) is 0 Å². The summed E-state index contributed by atoms with van der Waals surface area (Å²) in [6, 6.07) is 0. The van der Waals surface area contributed by atoms with Crippen LogP contribution in [0.15, 0.2) is 0 Å². The molecule has 0 aromatic heterocycles. The van der Waals surface area contributed by atoms with Crippen LogP contribution >= 0.6 is 0 Å². The molecule has 0 aromatic rings. The summed E-state index contributed by atoms with van der Waals surface area (Å²) in [6.07, 6.45) is 13.3. The average molecular weight is 279 g/mol. The fraction of sp³-hybridized carbons (Fsp3) is 0.941. The average Bonchev–Trinajstić information content (AvgIpc) is 2.88. The predicted octanol–water partition coefficient (Wildman–Crippen LogP) is 3.25. The minimum absolute atomic E-state index is 0.197. The van der Waals surface area contributed by atoms with E-state index in [1.54, 1.807) is 0 Å². The van der Waals surface area contributed by atoms with Crippen molar-refractivity contribution in [3.8, 4) is 0 Å². The van der Waals surface area contributed by atoms with E-state index < -0.39 is 5.60 Å². The number of nitrogens with zero attached hydrogens (tertiary/aromatic N) is 1. The maximum atomic E-state index is 12.4. The third-order valence-corrected chi connectivity index (χ3v) is 6.11. The molecular formula is C17H29NO2. The van der Waals surface area contributed by atoms with Crippen LogP contribution in [0, 0.1) is 5.41 Å². The first-order chi connectivity index (χ1) is 9.61. The van der Waals surface area contributed by atoms with E-state index in [0.29, 0.717) is 11.8 Å². The quantitative estimate of drug-likeness (QED) is 0.843. The van der Waals surface area contributed by atoms with E-state index in [9.17, 15) is 9.90 Å². The van der Waals surface area contributed by atoms with Crippen molar-refractivity contribution in [2.45, 2.75) is 82.7 Å². The van der Waals surface area contributed by atoms with Crippen LogP contribution in [0.4, 0.5) is 0 Å². The van der Waals surface area contributed by atoms with Crippen molar-refractivity contribution in [3.63, 3.8) is 0 Å². The first kappa shape index (κ1) is 14.4. The van der Waals surface area contributed by atoms with Gasteiger partial charge in [-0.15, -0.1) is 0 Å². The molecule has 1 spiro atoms. The molecule has 0 unspecified atom stereocenters. The van der Waals surface area contributed by atoms with Gasteiger partial charge in [0.1, 0.15) is 0 Å². The Morgan fingerprint density at radius 2 is 1.40 bits per heavy atom. The van der Waals surface area contributed by atoms with E-state index in [0.717, 1.165) is 38.8 Å². The molecule has 1 amide bonds. The summed E-state index contributed by atoms with van der Waals surface area (Å²) in [6.45, 7) is 1.85. The molecule has 1 N–H and O–H groups in total. The van der Waals surface area contributed by atoms with Gasteiger partial charge in [0.05, 0.1) is 12.0 Å². The molecule has 20 heavy (non-hydrogen) atoms. The molecule has 1 saturated heterocycles. The molecule has 0 bridgehead atoms. The molecule has 1 heterocycles. The number of piperidine rings is 1. The third-order valence-electron chi connectivity index (χ3n) is 6.11. The Kier molecular flexibility index (Phi) is 4.07. The molecule has 2 saturated carbocycles. The molecule has 3 nitrogen and oxygen atoms in total. The molecule has 2 aliphatic carbocycles. The highest BCUT2D eigenvalue weighted by Crippen LogP contribution is 2.46. The number of rotatable bonds is 2. The second-order valence-electron chi connectivity index (χ2n) is 7.55. The molecule has 0 aromatic carbocycles. The summed E-state index contributed by atoms with van der Waals surface area (Å²) < 4.78 is 0. The minimum atomic E-state index is -0.697. The van der Waals surface area contributed by atoms with Crippen LogP contribution in [0.3, 0.4) is 0 Å². The molecule has 114 valence electrons. The number of hydrogen-bond donors (Lipinski definition) is 1. The Balaban J connectivity index is 1.51. The van der Waals surface area contributed by atoms with E-state index in [-0.39, 0.29) is 5.91 Å². The van der Waals surface area contributed by atoms with E-state index in [2.05, 4.69) is 0 Å². The Hall–Kier alpha value is -0.570. The third kappa shape index (κ3) is 3.03. The number of likely N-dealkylation sites (tertiary alicyclic amines) is 1. The van der Waals surface area contributed by atoms with E-state index in [4.69, 9.17) is 0 Å². The molecule has 3 aliphatic rings. The lowest BCUT2D eigenvalue weighted by atomic mass is 9.76. The maximum absolute atomic E-state index is 12.4. The van der Waals surface area contributed by atoms with E-state index in [1.807, 2.05) is 4.90 Å². The van der Waals surface area contributed by atoms with Crippen LogP contribution in [-0.4, -0.2) is 34.6 Å². The highest BCUT2D eigenvalue weighted by molar-refractivity contribution is 5.77. The van der Waals surface area contributed by atoms with E-state index in [1.165, 1.54) is 44.9 Å². The summed E-state index contributed by atoms with van der Waals surface area (Å²) in [5, 5.41) is 10.5. The molecule has 3 fully saturated rings. The second-order valence-corrected chi connectivity index (χ2v) is 7.55. The standard InChI is InChI=1S/C17H29NO2/c19-15(14-17(20)8-2-1-3-9-17)18-12-10-16(11-13-18)6-4-5-7-16/h20H,1-14H2. The van der Waals surface area contributed by atoms with Gasteiger partial charge in [-0.1, -0.05) is 32.1 Å². The Morgan fingerprint density at radius 1 is 0.850 bits per heavy atom. The summed E-state index contributed by atoms with van der Waals surface area (Å²) in [4.78, 5) is 14.5. The number of carbonyl (C=O) groups is 1. The van der Waals surface area contributed by atoms with Crippen LogP contribution in [0.1, 0.15) is 77.0 Å². The number of hydrogen-bond acceptors (Lipinski definition) is 2. The second kappa shape index (κ2) is 5.67. The van der Waals surface area contributed by atoms with Crippen molar-refractivity contribution in [1.82, 2.24) is 4.90 Å². The van der Waals surface area contributed by atoms with E-state index >= 15 is 0 Å². The van der Waals surface area contributed by atoms with Gasteiger partial charge in [-0.25, -0.2) is 0 Å². The highest BCUT2D eigenvalue weighted by Gasteiger charge is 2.39. The van der Waals surface area contributed by atoms with Gasteiger partial charge in [-0.05, 0) is 43.9 Å². The van der Waals surface area contributed by atoms with Gasteiger partial charge in [-0.3, -0.25) is 4.79 Å². The van der Waals surface area contributed by atoms with Crippen LogP contribution in [0.5, 0.6) is 0 Å². The number of amides is 1. The zero-order valence-corrected chi connectivity index (χ0v) is 12.7. The summed E-state index contributed by atoms with van der Waals surface area (Å²) in [5.74, 6) is 0.197. The lowest BCUT2D eigenvalue weighted by molar-refractivity contribution is -0.140. The van der Waals surface area contributed by atoms with Crippen molar-refractivity contribution in [1.29, 1.82) is 0 Å². The summed E-state index contributed by atoms with van der Waals surface area (Å²) in [7, 11) is 0. The Labute approximate surface area is 122 Å². The van der Waals surface area contributed by atoms with Crippen molar-refractivity contribution < 1.29 is 9.90 Å². The molecule has 1 aliphatic heterocycles. The Bertz CT molecular complexity index is 344. The molecule has 0 radical (unpaired) electrons. The summed E-state index contributed by atoms with van der Waals surface area (Å²) in [5.41, 5.74) is -0.129. The van der Waals surface area contributed by atoms with Crippen LogP contribution in [0.25, 0.3) is 0 Å². The van der Waals surface area contributed by atoms with Crippen molar-refractivity contribution >= 4 is 5.91 Å². The van der Waals surface area contributed by atoms with Gasteiger partial charge in [0.15, 0.2) is 0 Å². The zero-order chi connectivity index (χ0) is 14.1. The molecular weight excluding hydrogens is 250 g/mol. The fourth-order valence-electron chi connectivity index (χ4n) is 4.64. The van der Waals surface area contributed by atoms with Gasteiger partial charge in [0.25, 0.3) is 0 Å². The predicted molar refractivity (Wildman–Crippen MR) is 79.4 cm³/mol. The molecule has 0 atom stereocenters. The van der Waals surface area contributed by atoms with Crippen molar-refractivity contribution in [3.05, 3.63) is 0 Å². The fourth-order valence-corrected chi connectivity index (χ4v) is 4.64. The molecule has 3 heteroatoms. The van der Waals surface area contributed by atoms with Crippen LogP contribution in [-0.2, 0) is 4.79 Å². The normalized spacial score (nSPS) is 28.8. The number of carbonyl (C=O) groups excluding carboxylic acids is 1. The SMILES string of the molecule is O=C(CC1(O)CCCCC1)N1CCC2(CCCC2)CC1. The monoisotopic (exact) mass is 279 g/mol. The molecule has 3 rings (SSSR count). The van der Waals surface area contributed by atoms with Crippen LogP contribution < -0.4 is 0 Å². The van der Waals surface area contributed by atoms with Gasteiger partial charge in [0.2, 0.25) is 5.91 Å². The minimum Gasteiger partial charge on any atom is -0.389 e. The maximum Gasteiger partial charge on any atom is 0.225 e. The first-order valence-electron chi connectivity index (χ1n) is 8.61. The van der Waals surface area contributed by atoms with Gasteiger partial charge >= 0.3 is 0 Å². The Morgan fingerprint density at radius 3 is 2.00 bits per heavy atom.